The van der Waals surface area contributed by atoms with Crippen LogP contribution in [-0.2, 0) is 0 Å². The van der Waals surface area contributed by atoms with Crippen LogP contribution in [0.5, 0.6) is 0 Å². The van der Waals surface area contributed by atoms with E-state index in [4.69, 9.17) is 0 Å². The number of benzene rings is 7. The Morgan fingerprint density at radius 2 is 0.654 bits per heavy atom. The van der Waals surface area contributed by atoms with Gasteiger partial charge in [-0.25, -0.2) is 0 Å². The molecule has 0 saturated heterocycles. The molecule has 3 heteroatoms. The lowest BCUT2D eigenvalue weighted by Crippen LogP contribution is -2.66. The van der Waals surface area contributed by atoms with Crippen molar-refractivity contribution in [2.45, 2.75) is 76.2 Å². The second-order valence-corrected chi connectivity index (χ2v) is 16.1. The largest absolute Gasteiger partial charge is 0.312 e. The number of nitrogens with zero attached hydrogens (tertiary/aromatic N) is 1. The highest BCUT2D eigenvalue weighted by Crippen LogP contribution is 2.41. The maximum atomic E-state index is 2.66. The number of hydrogen-bond acceptors (Lipinski definition) is 1. The predicted octanol–water partition coefficient (Wildman–Crippen LogP) is 8.51. The van der Waals surface area contributed by atoms with Crippen molar-refractivity contribution in [1.29, 1.82) is 0 Å². The van der Waals surface area contributed by atoms with E-state index < -0.39 is 0 Å². The van der Waals surface area contributed by atoms with Crippen LogP contribution < -0.4 is 37.7 Å². The Hall–Kier alpha value is -5.01. The molecule has 9 rings (SSSR count). The Labute approximate surface area is 310 Å². The van der Waals surface area contributed by atoms with E-state index in [9.17, 15) is 0 Å². The Morgan fingerprint density at radius 1 is 0.346 bits per heavy atom. The molecule has 0 spiro atoms. The van der Waals surface area contributed by atoms with Crippen molar-refractivity contribution >= 4 is 84.8 Å². The lowest BCUT2D eigenvalue weighted by molar-refractivity contribution is 1.19. The lowest BCUT2D eigenvalue weighted by Gasteiger charge is -2.45. The van der Waals surface area contributed by atoms with Crippen molar-refractivity contribution in [3.05, 3.63) is 146 Å². The van der Waals surface area contributed by atoms with E-state index in [1.54, 1.807) is 0 Å². The van der Waals surface area contributed by atoms with Gasteiger partial charge in [0, 0.05) is 17.1 Å². The van der Waals surface area contributed by atoms with Crippen LogP contribution in [0.4, 0.5) is 17.1 Å². The van der Waals surface area contributed by atoms with Crippen LogP contribution in [0.25, 0.3) is 21.5 Å². The number of aryl methyl sites for hydroxylation is 1. The number of rotatable bonds is 2. The van der Waals surface area contributed by atoms with Gasteiger partial charge in [-0.3, -0.25) is 0 Å². The summed E-state index contributed by atoms with van der Waals surface area (Å²) in [7, 11) is 0. The summed E-state index contributed by atoms with van der Waals surface area (Å²) in [5.74, 6) is 0. The average molecular weight is 672 g/mol. The standard InChI is InChI=1S/C49H47B2N/c1-26-20-43-49-44(21-26)51(48-35(10)31(6)28(3)32(7)36(48)11)42-23-38-17-13-15-19-40(38)25-46(42)52(49)45-24-39-18-14-12-16-37(39)22-41(45)50(43)47-33(8)29(4)27(2)30(5)34(47)9/h12-25H,1-11H3. The van der Waals surface area contributed by atoms with E-state index in [1.165, 1.54) is 133 Å². The molecule has 0 N–H and O–H groups in total. The molecule has 254 valence electrons. The van der Waals surface area contributed by atoms with Crippen LogP contribution in [-0.4, -0.2) is 13.4 Å². The molecule has 2 aliphatic rings. The molecule has 0 bridgehead atoms. The average Bonchev–Trinajstić information content (AvgIpc) is 3.14. The number of fused-ring (bicyclic) bond motifs is 6. The van der Waals surface area contributed by atoms with Gasteiger partial charge in [-0.2, -0.15) is 0 Å². The Morgan fingerprint density at radius 3 is 1.00 bits per heavy atom. The molecule has 7 aromatic carbocycles. The molecule has 0 aromatic heterocycles. The molecular weight excluding hydrogens is 624 g/mol. The van der Waals surface area contributed by atoms with Gasteiger partial charge in [0.1, 0.15) is 0 Å². The molecule has 0 atom stereocenters. The quantitative estimate of drug-likeness (QED) is 0.167. The molecule has 0 fully saturated rings. The fourth-order valence-electron chi connectivity index (χ4n) is 10.1. The molecule has 0 unspecified atom stereocenters. The Bertz CT molecular complexity index is 2480. The van der Waals surface area contributed by atoms with Gasteiger partial charge in [0.05, 0.1) is 0 Å². The van der Waals surface area contributed by atoms with Crippen molar-refractivity contribution in [3.8, 4) is 0 Å². The van der Waals surface area contributed by atoms with Gasteiger partial charge in [-0.05, 0) is 165 Å². The summed E-state index contributed by atoms with van der Waals surface area (Å²) in [6.45, 7) is 25.9. The summed E-state index contributed by atoms with van der Waals surface area (Å²) >= 11 is 0. The van der Waals surface area contributed by atoms with E-state index in [0.717, 1.165) is 0 Å². The third-order valence-corrected chi connectivity index (χ3v) is 13.7. The molecule has 1 nitrogen and oxygen atoms in total. The molecule has 0 radical (unpaired) electrons. The van der Waals surface area contributed by atoms with E-state index in [2.05, 4.69) is 166 Å². The first-order valence-electron chi connectivity index (χ1n) is 19.0. The van der Waals surface area contributed by atoms with Crippen molar-refractivity contribution < 1.29 is 0 Å². The predicted molar refractivity (Wildman–Crippen MR) is 230 cm³/mol. The fraction of sp³-hybridized carbons (Fsp3) is 0.224. The van der Waals surface area contributed by atoms with Crippen molar-refractivity contribution in [1.82, 2.24) is 0 Å². The van der Waals surface area contributed by atoms with Crippen molar-refractivity contribution in [2.24, 2.45) is 0 Å². The van der Waals surface area contributed by atoms with Gasteiger partial charge in [0.25, 0.3) is 0 Å². The van der Waals surface area contributed by atoms with Crippen LogP contribution in [0.3, 0.4) is 0 Å². The Kier molecular flexibility index (Phi) is 7.27. The normalized spacial score (nSPS) is 13.2. The molecule has 2 aliphatic heterocycles. The van der Waals surface area contributed by atoms with Crippen LogP contribution in [0.2, 0.25) is 0 Å². The van der Waals surface area contributed by atoms with E-state index in [0.29, 0.717) is 0 Å². The van der Waals surface area contributed by atoms with E-state index in [1.807, 2.05) is 0 Å². The summed E-state index contributed by atoms with van der Waals surface area (Å²) < 4.78 is 0. The Balaban J connectivity index is 1.49. The molecule has 0 aliphatic carbocycles. The zero-order valence-corrected chi connectivity index (χ0v) is 32.7. The van der Waals surface area contributed by atoms with Crippen molar-refractivity contribution in [3.63, 3.8) is 0 Å². The van der Waals surface area contributed by atoms with E-state index >= 15 is 0 Å². The molecule has 0 saturated carbocycles. The minimum atomic E-state index is 0.105. The monoisotopic (exact) mass is 671 g/mol. The molecular formula is C49H47B2N. The highest BCUT2D eigenvalue weighted by molar-refractivity contribution is 7.02. The molecule has 2 heterocycles. The zero-order chi connectivity index (χ0) is 36.5. The first-order chi connectivity index (χ1) is 24.9. The second-order valence-electron chi connectivity index (χ2n) is 16.1. The highest BCUT2D eigenvalue weighted by Gasteiger charge is 2.45. The highest BCUT2D eigenvalue weighted by atomic mass is 15.2. The summed E-state index contributed by atoms with van der Waals surface area (Å²) in [5, 5.41) is 5.15. The van der Waals surface area contributed by atoms with Gasteiger partial charge < -0.3 is 4.90 Å². The number of hydrogen-bond donors (Lipinski definition) is 0. The van der Waals surface area contributed by atoms with Gasteiger partial charge >= 0.3 is 0 Å². The second kappa shape index (κ2) is 11.5. The third kappa shape index (κ3) is 4.38. The minimum absolute atomic E-state index is 0.105. The SMILES string of the molecule is Cc1cc2c3c(c1)B(c1c(C)c(C)c(C)c(C)c1C)c1cc4ccccc4cc1N3c1cc3ccccc3cc1B2c1c(C)c(C)c(C)c(C)c1C. The molecule has 7 aromatic rings. The third-order valence-electron chi connectivity index (χ3n) is 13.7. The van der Waals surface area contributed by atoms with Crippen LogP contribution in [0.1, 0.15) is 61.2 Å². The minimum Gasteiger partial charge on any atom is -0.312 e. The lowest BCUT2D eigenvalue weighted by atomic mass is 9.29. The van der Waals surface area contributed by atoms with Gasteiger partial charge in [-0.15, -0.1) is 0 Å². The first kappa shape index (κ1) is 32.9. The summed E-state index contributed by atoms with van der Waals surface area (Å²) in [4.78, 5) is 2.66. The van der Waals surface area contributed by atoms with Gasteiger partial charge in [-0.1, -0.05) is 112 Å². The summed E-state index contributed by atoms with van der Waals surface area (Å²) in [6.07, 6.45) is 0. The summed E-state index contributed by atoms with van der Waals surface area (Å²) in [6, 6.07) is 32.9. The van der Waals surface area contributed by atoms with Gasteiger partial charge in [0.15, 0.2) is 0 Å². The molecule has 52 heavy (non-hydrogen) atoms. The summed E-state index contributed by atoms with van der Waals surface area (Å²) in [5.41, 5.74) is 28.0. The number of anilines is 3. The molecule has 0 amide bonds. The smallest absolute Gasteiger partial charge is 0.247 e. The van der Waals surface area contributed by atoms with Crippen LogP contribution in [0.15, 0.2) is 84.9 Å². The van der Waals surface area contributed by atoms with Crippen LogP contribution in [0, 0.1) is 76.2 Å². The topological polar surface area (TPSA) is 3.24 Å². The maximum Gasteiger partial charge on any atom is 0.247 e. The first-order valence-corrected chi connectivity index (χ1v) is 19.0. The maximum absolute atomic E-state index is 2.66. The van der Waals surface area contributed by atoms with Gasteiger partial charge in [0.2, 0.25) is 13.4 Å². The van der Waals surface area contributed by atoms with E-state index in [-0.39, 0.29) is 13.4 Å². The fourth-order valence-corrected chi connectivity index (χ4v) is 10.1. The zero-order valence-electron chi connectivity index (χ0n) is 32.7. The van der Waals surface area contributed by atoms with Crippen LogP contribution >= 0.6 is 0 Å². The van der Waals surface area contributed by atoms with Crippen molar-refractivity contribution in [2.75, 3.05) is 4.90 Å².